The summed E-state index contributed by atoms with van der Waals surface area (Å²) in [5, 5.41) is 0. The van der Waals surface area contributed by atoms with Crippen molar-refractivity contribution in [3.8, 4) is 0 Å². The number of nitrogens with two attached hydrogens (primary N) is 2. The molecule has 0 fully saturated rings. The Morgan fingerprint density at radius 3 is 0.907 bits per heavy atom. The number of alkyl halides is 10. The first kappa shape index (κ1) is 31.7. The average Bonchev–Trinajstić information content (AvgIpc) is 2.92. The Morgan fingerprint density at radius 1 is 0.372 bits per heavy atom. The number of halogens is 10. The molecule has 0 spiro atoms. The van der Waals surface area contributed by atoms with E-state index in [4.69, 9.17) is 11.5 Å². The van der Waals surface area contributed by atoms with Crippen LogP contribution in [0, 0.1) is 0 Å². The van der Waals surface area contributed by atoms with Gasteiger partial charge in [0.25, 0.3) is 0 Å². The van der Waals surface area contributed by atoms with Crippen LogP contribution >= 0.6 is 0 Å². The zero-order valence-electron chi connectivity index (χ0n) is 22.1. The fourth-order valence-corrected chi connectivity index (χ4v) is 4.94. The van der Waals surface area contributed by atoms with E-state index in [-0.39, 0.29) is 24.0 Å². The fraction of sp³-hybridized carbons (Fsp3) is 0.226. The SMILES string of the molecule is Nc1ccc(Cc2ccc(C(c3ccc(Cc4ccc(N)cc4)cc3)(C(F)(F)F)C(F)(F)C(F)(F)C(F)(F)F)cc2)cc1. The van der Waals surface area contributed by atoms with Crippen LogP contribution in [-0.4, -0.2) is 24.2 Å². The van der Waals surface area contributed by atoms with E-state index in [1.807, 2.05) is 0 Å². The molecule has 4 rings (SSSR count). The summed E-state index contributed by atoms with van der Waals surface area (Å²) in [5.74, 6) is -13.8. The molecule has 0 aliphatic heterocycles. The zero-order valence-corrected chi connectivity index (χ0v) is 22.1. The normalized spacial score (nSPS) is 13.3. The van der Waals surface area contributed by atoms with Gasteiger partial charge in [-0.1, -0.05) is 72.8 Å². The molecule has 228 valence electrons. The van der Waals surface area contributed by atoms with Gasteiger partial charge in [0, 0.05) is 11.4 Å². The van der Waals surface area contributed by atoms with Gasteiger partial charge in [-0.3, -0.25) is 0 Å². The van der Waals surface area contributed by atoms with Gasteiger partial charge in [-0.25, -0.2) is 0 Å². The number of hydrogen-bond donors (Lipinski definition) is 2. The first-order valence-electron chi connectivity index (χ1n) is 12.7. The third kappa shape index (κ3) is 5.74. The third-order valence-electron chi connectivity index (χ3n) is 7.20. The molecule has 0 aliphatic carbocycles. The molecule has 0 amide bonds. The Bertz CT molecular complexity index is 1430. The number of benzene rings is 4. The number of anilines is 2. The Hall–Kier alpha value is -4.22. The molecule has 0 heterocycles. The summed E-state index contributed by atoms with van der Waals surface area (Å²) in [6, 6.07) is 18.5. The quantitative estimate of drug-likeness (QED) is 0.154. The van der Waals surface area contributed by atoms with E-state index >= 15 is 8.78 Å². The lowest BCUT2D eigenvalue weighted by Gasteiger charge is -2.45. The van der Waals surface area contributed by atoms with Crippen LogP contribution in [0.3, 0.4) is 0 Å². The van der Waals surface area contributed by atoms with Crippen LogP contribution in [0.15, 0.2) is 97.1 Å². The lowest BCUT2D eigenvalue weighted by Crippen LogP contribution is -2.67. The number of hydrogen-bond acceptors (Lipinski definition) is 2. The van der Waals surface area contributed by atoms with Crippen molar-refractivity contribution in [3.05, 3.63) is 130 Å². The van der Waals surface area contributed by atoms with Gasteiger partial charge in [-0.15, -0.1) is 0 Å². The Morgan fingerprint density at radius 2 is 0.651 bits per heavy atom. The second-order valence-electron chi connectivity index (χ2n) is 10.1. The summed E-state index contributed by atoms with van der Waals surface area (Å²) in [7, 11) is 0. The predicted molar refractivity (Wildman–Crippen MR) is 143 cm³/mol. The van der Waals surface area contributed by atoms with E-state index in [9.17, 15) is 35.1 Å². The number of rotatable bonds is 8. The maximum atomic E-state index is 15.6. The lowest BCUT2D eigenvalue weighted by atomic mass is 9.66. The highest BCUT2D eigenvalue weighted by atomic mass is 19.4. The highest BCUT2D eigenvalue weighted by Crippen LogP contribution is 2.63. The monoisotopic (exact) mass is 614 g/mol. The first-order chi connectivity index (χ1) is 19.9. The minimum absolute atomic E-state index is 0.0918. The molecule has 0 saturated carbocycles. The standard InChI is InChI=1S/C31H24F10N2/c32-28(33,29(34,35)31(39,40)41)27(30(36,37)38,23-9-1-19(2-10-23)17-21-5-13-25(42)14-6-21)24-11-3-20(4-12-24)18-22-7-15-26(43)16-8-22/h1-16H,17-18,42-43H2. The highest BCUT2D eigenvalue weighted by Gasteiger charge is 2.85. The highest BCUT2D eigenvalue weighted by molar-refractivity contribution is 5.49. The van der Waals surface area contributed by atoms with Crippen LogP contribution in [0.1, 0.15) is 33.4 Å². The van der Waals surface area contributed by atoms with Crippen molar-refractivity contribution in [2.75, 3.05) is 11.5 Å². The molecule has 0 aliphatic rings. The van der Waals surface area contributed by atoms with Crippen LogP contribution in [0.2, 0.25) is 0 Å². The second-order valence-corrected chi connectivity index (χ2v) is 10.1. The second kappa shape index (κ2) is 11.1. The molecule has 4 aromatic carbocycles. The van der Waals surface area contributed by atoms with Crippen molar-refractivity contribution < 1.29 is 43.9 Å². The van der Waals surface area contributed by atoms with Crippen molar-refractivity contribution >= 4 is 11.4 Å². The molecule has 0 unspecified atom stereocenters. The van der Waals surface area contributed by atoms with Crippen molar-refractivity contribution in [3.63, 3.8) is 0 Å². The average molecular weight is 615 g/mol. The smallest absolute Gasteiger partial charge is 0.399 e. The van der Waals surface area contributed by atoms with Crippen molar-refractivity contribution in [2.24, 2.45) is 0 Å². The van der Waals surface area contributed by atoms with Gasteiger partial charge >= 0.3 is 24.2 Å². The lowest BCUT2D eigenvalue weighted by molar-refractivity contribution is -0.388. The topological polar surface area (TPSA) is 52.0 Å². The molecular formula is C31H24F10N2. The summed E-state index contributed by atoms with van der Waals surface area (Å²) in [4.78, 5) is 0. The molecule has 4 aromatic rings. The van der Waals surface area contributed by atoms with Gasteiger partial charge in [0.05, 0.1) is 0 Å². The first-order valence-corrected chi connectivity index (χ1v) is 12.7. The summed E-state index contributed by atoms with van der Waals surface area (Å²) in [5.41, 5.74) is 5.89. The molecule has 0 radical (unpaired) electrons. The third-order valence-corrected chi connectivity index (χ3v) is 7.20. The molecule has 4 N–H and O–H groups in total. The van der Waals surface area contributed by atoms with Crippen LogP contribution in [0.4, 0.5) is 55.3 Å². The summed E-state index contributed by atoms with van der Waals surface area (Å²) in [6.07, 6.45) is -13.1. The molecular weight excluding hydrogens is 590 g/mol. The molecule has 0 bridgehead atoms. The van der Waals surface area contributed by atoms with E-state index in [1.54, 1.807) is 48.5 Å². The van der Waals surface area contributed by atoms with E-state index in [1.165, 1.54) is 0 Å². The van der Waals surface area contributed by atoms with Crippen LogP contribution < -0.4 is 11.5 Å². The van der Waals surface area contributed by atoms with Gasteiger partial charge in [0.15, 0.2) is 5.41 Å². The minimum Gasteiger partial charge on any atom is -0.399 e. The van der Waals surface area contributed by atoms with Crippen molar-refractivity contribution in [1.82, 2.24) is 0 Å². The Balaban J connectivity index is 1.88. The fourth-order valence-electron chi connectivity index (χ4n) is 4.94. The largest absolute Gasteiger partial charge is 0.459 e. The molecule has 0 saturated heterocycles. The van der Waals surface area contributed by atoms with Gasteiger partial charge in [-0.05, 0) is 70.5 Å². The van der Waals surface area contributed by atoms with Crippen LogP contribution in [-0.2, 0) is 18.3 Å². The Kier molecular flexibility index (Phi) is 8.20. The van der Waals surface area contributed by atoms with Crippen molar-refractivity contribution in [2.45, 2.75) is 42.5 Å². The van der Waals surface area contributed by atoms with Crippen LogP contribution in [0.5, 0.6) is 0 Å². The summed E-state index contributed by atoms with van der Waals surface area (Å²) < 4.78 is 145. The molecule has 0 aromatic heterocycles. The minimum atomic E-state index is -7.07. The molecule has 0 atom stereocenters. The zero-order chi connectivity index (χ0) is 31.8. The van der Waals surface area contributed by atoms with E-state index < -0.39 is 40.7 Å². The van der Waals surface area contributed by atoms with Crippen LogP contribution in [0.25, 0.3) is 0 Å². The molecule has 2 nitrogen and oxygen atoms in total. The Labute approximate surface area is 239 Å². The van der Waals surface area contributed by atoms with Gasteiger partial charge in [0.1, 0.15) is 0 Å². The summed E-state index contributed by atoms with van der Waals surface area (Å²) >= 11 is 0. The maximum absolute atomic E-state index is 15.6. The predicted octanol–water partition coefficient (Wildman–Crippen LogP) is 8.71. The van der Waals surface area contributed by atoms with Gasteiger partial charge < -0.3 is 11.5 Å². The molecule has 43 heavy (non-hydrogen) atoms. The summed E-state index contributed by atoms with van der Waals surface area (Å²) in [6.45, 7) is 0. The maximum Gasteiger partial charge on any atom is 0.459 e. The number of nitrogen functional groups attached to an aromatic ring is 2. The van der Waals surface area contributed by atoms with E-state index in [0.717, 1.165) is 24.3 Å². The van der Waals surface area contributed by atoms with Crippen molar-refractivity contribution in [1.29, 1.82) is 0 Å². The van der Waals surface area contributed by atoms with Gasteiger partial charge in [0.2, 0.25) is 0 Å². The molecule has 12 heteroatoms. The van der Waals surface area contributed by atoms with Gasteiger partial charge in [-0.2, -0.15) is 43.9 Å². The van der Waals surface area contributed by atoms with E-state index in [2.05, 4.69) is 0 Å². The van der Waals surface area contributed by atoms with E-state index in [0.29, 0.717) is 46.8 Å².